The van der Waals surface area contributed by atoms with Gasteiger partial charge in [-0.25, -0.2) is 4.98 Å². The quantitative estimate of drug-likeness (QED) is 0.683. The second-order valence-electron chi connectivity index (χ2n) is 6.34. The van der Waals surface area contributed by atoms with Gasteiger partial charge in [-0.2, -0.15) is 0 Å². The highest BCUT2D eigenvalue weighted by Crippen LogP contribution is 2.38. The van der Waals surface area contributed by atoms with Crippen molar-refractivity contribution in [3.63, 3.8) is 0 Å². The number of carbonyl (C=O) groups excluding carboxylic acids is 1. The number of amides is 1. The summed E-state index contributed by atoms with van der Waals surface area (Å²) in [5, 5.41) is 5.98. The van der Waals surface area contributed by atoms with Crippen LogP contribution in [0, 0.1) is 0 Å². The van der Waals surface area contributed by atoms with Gasteiger partial charge in [-0.05, 0) is 36.6 Å². The highest BCUT2D eigenvalue weighted by molar-refractivity contribution is 7.13. The number of ether oxygens (including phenoxy) is 3. The van der Waals surface area contributed by atoms with E-state index in [1.54, 1.807) is 50.9 Å². The number of hydrogen-bond donors (Lipinski definition) is 1. The van der Waals surface area contributed by atoms with E-state index >= 15 is 0 Å². The third kappa shape index (κ3) is 4.56. The number of carbonyl (C=O) groups is 1. The fourth-order valence-electron chi connectivity index (χ4n) is 3.30. The van der Waals surface area contributed by atoms with E-state index < -0.39 is 0 Å². The molecule has 1 N–H and O–H groups in total. The fourth-order valence-corrected chi connectivity index (χ4v) is 4.05. The van der Waals surface area contributed by atoms with Crippen molar-refractivity contribution in [2.45, 2.75) is 18.9 Å². The summed E-state index contributed by atoms with van der Waals surface area (Å²) in [6.07, 6.45) is 7.22. The standard InChI is InChI=1S/C20H25N3O4S/c1-25-16-11-14(12-17(26-2)19(16)27-3)6-7-18(24)22-13-15-5-4-9-23(15)20-21-8-10-28-20/h6-8,10-12,15H,4-5,9,13H2,1-3H3,(H,22,24). The number of anilines is 1. The number of aromatic nitrogens is 1. The number of nitrogens with one attached hydrogen (secondary N) is 1. The molecule has 150 valence electrons. The van der Waals surface area contributed by atoms with Crippen molar-refractivity contribution >= 4 is 28.5 Å². The van der Waals surface area contributed by atoms with Crippen LogP contribution in [0.4, 0.5) is 5.13 Å². The first-order chi connectivity index (χ1) is 13.7. The van der Waals surface area contributed by atoms with E-state index in [2.05, 4.69) is 15.2 Å². The van der Waals surface area contributed by atoms with Crippen LogP contribution >= 0.6 is 11.3 Å². The molecule has 1 saturated heterocycles. The summed E-state index contributed by atoms with van der Waals surface area (Å²) in [4.78, 5) is 18.9. The molecular formula is C20H25N3O4S. The van der Waals surface area contributed by atoms with Gasteiger partial charge < -0.3 is 24.4 Å². The molecule has 1 aromatic carbocycles. The lowest BCUT2D eigenvalue weighted by Crippen LogP contribution is -2.39. The summed E-state index contributed by atoms with van der Waals surface area (Å²) in [5.41, 5.74) is 0.787. The van der Waals surface area contributed by atoms with E-state index in [0.29, 0.717) is 23.8 Å². The first-order valence-corrected chi connectivity index (χ1v) is 9.96. The maximum absolute atomic E-state index is 12.3. The van der Waals surface area contributed by atoms with Gasteiger partial charge in [0.15, 0.2) is 16.6 Å². The Labute approximate surface area is 168 Å². The molecule has 1 amide bonds. The zero-order chi connectivity index (χ0) is 19.9. The number of nitrogens with zero attached hydrogens (tertiary/aromatic N) is 2. The Morgan fingerprint density at radius 3 is 2.64 bits per heavy atom. The zero-order valence-corrected chi connectivity index (χ0v) is 17.1. The summed E-state index contributed by atoms with van der Waals surface area (Å²) in [6.45, 7) is 1.58. The number of thiazole rings is 1. The minimum absolute atomic E-state index is 0.139. The van der Waals surface area contributed by atoms with Gasteiger partial charge in [-0.1, -0.05) is 0 Å². The number of benzene rings is 1. The normalized spacial score (nSPS) is 16.4. The molecule has 1 fully saturated rings. The van der Waals surface area contributed by atoms with E-state index in [1.165, 1.54) is 6.08 Å². The Morgan fingerprint density at radius 1 is 1.29 bits per heavy atom. The summed E-state index contributed by atoms with van der Waals surface area (Å²) >= 11 is 1.63. The Balaban J connectivity index is 1.61. The van der Waals surface area contributed by atoms with Crippen molar-refractivity contribution in [1.29, 1.82) is 0 Å². The molecule has 0 aliphatic carbocycles. The Morgan fingerprint density at radius 2 is 2.04 bits per heavy atom. The molecule has 0 radical (unpaired) electrons. The monoisotopic (exact) mass is 403 g/mol. The van der Waals surface area contributed by atoms with Crippen molar-refractivity contribution in [3.05, 3.63) is 35.3 Å². The maximum Gasteiger partial charge on any atom is 0.244 e. The molecule has 1 unspecified atom stereocenters. The predicted octanol–water partition coefficient (Wildman–Crippen LogP) is 2.97. The molecule has 0 spiro atoms. The third-order valence-electron chi connectivity index (χ3n) is 4.67. The molecule has 1 aliphatic heterocycles. The van der Waals surface area contributed by atoms with Crippen LogP contribution in [0.2, 0.25) is 0 Å². The van der Waals surface area contributed by atoms with Gasteiger partial charge in [-0.3, -0.25) is 4.79 Å². The topological polar surface area (TPSA) is 72.9 Å². The fraction of sp³-hybridized carbons (Fsp3) is 0.400. The first-order valence-electron chi connectivity index (χ1n) is 9.08. The van der Waals surface area contributed by atoms with E-state index in [4.69, 9.17) is 14.2 Å². The third-order valence-corrected chi connectivity index (χ3v) is 5.48. The van der Waals surface area contributed by atoms with Crippen LogP contribution in [-0.4, -0.2) is 51.4 Å². The molecule has 2 aromatic rings. The van der Waals surface area contributed by atoms with Crippen LogP contribution in [0.3, 0.4) is 0 Å². The zero-order valence-electron chi connectivity index (χ0n) is 16.3. The number of methoxy groups -OCH3 is 3. The largest absolute Gasteiger partial charge is 0.493 e. The van der Waals surface area contributed by atoms with Crippen LogP contribution in [0.15, 0.2) is 29.8 Å². The lowest BCUT2D eigenvalue weighted by Gasteiger charge is -2.23. The van der Waals surface area contributed by atoms with Crippen molar-refractivity contribution in [1.82, 2.24) is 10.3 Å². The van der Waals surface area contributed by atoms with Crippen LogP contribution < -0.4 is 24.4 Å². The van der Waals surface area contributed by atoms with Gasteiger partial charge in [0.1, 0.15) is 0 Å². The lowest BCUT2D eigenvalue weighted by molar-refractivity contribution is -0.116. The first kappa shape index (κ1) is 20.0. The second kappa shape index (κ2) is 9.45. The molecule has 2 heterocycles. The lowest BCUT2D eigenvalue weighted by atomic mass is 10.1. The van der Waals surface area contributed by atoms with Crippen molar-refractivity contribution in [3.8, 4) is 17.2 Å². The van der Waals surface area contributed by atoms with Crippen LogP contribution in [0.5, 0.6) is 17.2 Å². The van der Waals surface area contributed by atoms with E-state index in [9.17, 15) is 4.79 Å². The highest BCUT2D eigenvalue weighted by atomic mass is 32.1. The van der Waals surface area contributed by atoms with Crippen molar-refractivity contribution < 1.29 is 19.0 Å². The van der Waals surface area contributed by atoms with E-state index in [0.717, 1.165) is 30.1 Å². The average Bonchev–Trinajstić information content (AvgIpc) is 3.40. The molecule has 1 aliphatic rings. The maximum atomic E-state index is 12.3. The van der Waals surface area contributed by atoms with Gasteiger partial charge in [-0.15, -0.1) is 11.3 Å². The molecule has 3 rings (SSSR count). The number of rotatable bonds is 8. The average molecular weight is 404 g/mol. The minimum atomic E-state index is -0.139. The molecule has 0 saturated carbocycles. The van der Waals surface area contributed by atoms with Gasteiger partial charge in [0.2, 0.25) is 11.7 Å². The highest BCUT2D eigenvalue weighted by Gasteiger charge is 2.26. The smallest absolute Gasteiger partial charge is 0.244 e. The second-order valence-corrected chi connectivity index (χ2v) is 7.21. The van der Waals surface area contributed by atoms with Crippen LogP contribution in [0.1, 0.15) is 18.4 Å². The van der Waals surface area contributed by atoms with Gasteiger partial charge in [0, 0.05) is 36.8 Å². The summed E-state index contributed by atoms with van der Waals surface area (Å²) in [5.74, 6) is 1.48. The number of hydrogen-bond acceptors (Lipinski definition) is 7. The summed E-state index contributed by atoms with van der Waals surface area (Å²) < 4.78 is 16.0. The molecule has 7 nitrogen and oxygen atoms in total. The molecule has 28 heavy (non-hydrogen) atoms. The Bertz CT molecular complexity index is 798. The van der Waals surface area contributed by atoms with Crippen LogP contribution in [0.25, 0.3) is 6.08 Å². The predicted molar refractivity (Wildman–Crippen MR) is 111 cm³/mol. The Hall–Kier alpha value is -2.74. The van der Waals surface area contributed by atoms with E-state index in [-0.39, 0.29) is 11.9 Å². The van der Waals surface area contributed by atoms with Crippen molar-refractivity contribution in [2.24, 2.45) is 0 Å². The van der Waals surface area contributed by atoms with Crippen molar-refractivity contribution in [2.75, 3.05) is 39.3 Å². The van der Waals surface area contributed by atoms with Crippen LogP contribution in [-0.2, 0) is 4.79 Å². The molecule has 8 heteroatoms. The molecule has 1 aromatic heterocycles. The molecule has 0 bridgehead atoms. The van der Waals surface area contributed by atoms with Gasteiger partial charge in [0.25, 0.3) is 0 Å². The molecule has 1 atom stereocenters. The minimum Gasteiger partial charge on any atom is -0.493 e. The van der Waals surface area contributed by atoms with Gasteiger partial charge >= 0.3 is 0 Å². The van der Waals surface area contributed by atoms with E-state index in [1.807, 2.05) is 11.6 Å². The Kier molecular flexibility index (Phi) is 6.76. The SMILES string of the molecule is COc1cc(C=CC(=O)NCC2CCCN2c2nccs2)cc(OC)c1OC. The van der Waals surface area contributed by atoms with Gasteiger partial charge in [0.05, 0.1) is 21.3 Å². The summed E-state index contributed by atoms with van der Waals surface area (Å²) in [7, 11) is 4.68. The summed E-state index contributed by atoms with van der Waals surface area (Å²) in [6, 6.07) is 3.88. The molecular weight excluding hydrogens is 378 g/mol.